The normalized spacial score (nSPS) is 12.0. The predicted molar refractivity (Wildman–Crippen MR) is 75.8 cm³/mol. The van der Waals surface area contributed by atoms with Crippen LogP contribution in [0.1, 0.15) is 11.5 Å². The van der Waals surface area contributed by atoms with Gasteiger partial charge in [-0.15, -0.1) is 0 Å². The van der Waals surface area contributed by atoms with Gasteiger partial charge in [0.15, 0.2) is 0 Å². The number of hydrogen-bond donors (Lipinski definition) is 1. The third-order valence-corrected chi connectivity index (χ3v) is 4.83. The highest BCUT2D eigenvalue weighted by atomic mass is 35.5. The summed E-state index contributed by atoms with van der Waals surface area (Å²) in [5, 5.41) is 4.15. The highest BCUT2D eigenvalue weighted by Gasteiger charge is 2.24. The number of nitrogens with two attached hydrogens (primary N) is 1. The van der Waals surface area contributed by atoms with E-state index in [1.165, 1.54) is 25.2 Å². The van der Waals surface area contributed by atoms with Crippen LogP contribution in [-0.2, 0) is 16.6 Å². The number of aryl methyl sites for hydroxylation is 1. The largest absolute Gasteiger partial charge is 0.398 e. The van der Waals surface area contributed by atoms with Gasteiger partial charge in [0.25, 0.3) is 0 Å². The summed E-state index contributed by atoms with van der Waals surface area (Å²) in [6.07, 6.45) is 0. The average Bonchev–Trinajstić information content (AvgIpc) is 2.74. The molecule has 0 radical (unpaired) electrons. The molecule has 1 aromatic heterocycles. The number of aromatic nitrogens is 1. The van der Waals surface area contributed by atoms with Crippen molar-refractivity contribution in [2.45, 2.75) is 18.4 Å². The Morgan fingerprint density at radius 2 is 2.10 bits per heavy atom. The maximum atomic E-state index is 12.4. The van der Waals surface area contributed by atoms with Crippen molar-refractivity contribution < 1.29 is 12.9 Å². The molecule has 2 aromatic rings. The molecular formula is C12H14ClN3O3S. The fourth-order valence-electron chi connectivity index (χ4n) is 1.73. The summed E-state index contributed by atoms with van der Waals surface area (Å²) in [4.78, 5) is 0.0182. The monoisotopic (exact) mass is 315 g/mol. The third kappa shape index (κ3) is 2.95. The van der Waals surface area contributed by atoms with Gasteiger partial charge in [-0.1, -0.05) is 16.8 Å². The fourth-order valence-corrected chi connectivity index (χ4v) is 3.14. The second-order valence-electron chi connectivity index (χ2n) is 4.37. The lowest BCUT2D eigenvalue weighted by Crippen LogP contribution is -2.27. The number of nitrogens with zero attached hydrogens (tertiary/aromatic N) is 2. The molecule has 2 N–H and O–H groups in total. The van der Waals surface area contributed by atoms with Crippen molar-refractivity contribution in [1.29, 1.82) is 0 Å². The molecule has 0 unspecified atom stereocenters. The molecule has 0 bridgehead atoms. The van der Waals surface area contributed by atoms with Crippen molar-refractivity contribution in [3.8, 4) is 0 Å². The van der Waals surface area contributed by atoms with Crippen LogP contribution >= 0.6 is 11.6 Å². The smallest absolute Gasteiger partial charge is 0.245 e. The molecule has 108 valence electrons. The van der Waals surface area contributed by atoms with Crippen LogP contribution in [0.4, 0.5) is 5.69 Å². The van der Waals surface area contributed by atoms with Crippen LogP contribution in [-0.4, -0.2) is 24.9 Å². The van der Waals surface area contributed by atoms with E-state index in [4.69, 9.17) is 21.9 Å². The van der Waals surface area contributed by atoms with Crippen LogP contribution in [0.2, 0.25) is 5.02 Å². The minimum atomic E-state index is -3.71. The highest BCUT2D eigenvalue weighted by molar-refractivity contribution is 7.89. The standard InChI is InChI=1S/C12H14ClN3O3S/c1-8-5-10(15-19-8)7-16(2)20(17,18)12-4-3-9(13)6-11(12)14/h3-6H,7,14H2,1-2H3. The second-order valence-corrected chi connectivity index (χ2v) is 6.82. The Balaban J connectivity index is 2.29. The molecule has 20 heavy (non-hydrogen) atoms. The number of hydrogen-bond acceptors (Lipinski definition) is 5. The van der Waals surface area contributed by atoms with E-state index in [9.17, 15) is 8.42 Å². The van der Waals surface area contributed by atoms with Crippen LogP contribution in [0.3, 0.4) is 0 Å². The molecular weight excluding hydrogens is 302 g/mol. The van der Waals surface area contributed by atoms with Crippen molar-refractivity contribution in [2.24, 2.45) is 0 Å². The highest BCUT2D eigenvalue weighted by Crippen LogP contribution is 2.25. The minimum absolute atomic E-state index is 0.0182. The van der Waals surface area contributed by atoms with Gasteiger partial charge >= 0.3 is 0 Å². The van der Waals surface area contributed by atoms with Crippen molar-refractivity contribution in [2.75, 3.05) is 12.8 Å². The van der Waals surface area contributed by atoms with E-state index in [0.29, 0.717) is 16.5 Å². The van der Waals surface area contributed by atoms with Gasteiger partial charge in [-0.05, 0) is 25.1 Å². The zero-order chi connectivity index (χ0) is 14.9. The molecule has 0 aliphatic rings. The van der Waals surface area contributed by atoms with Gasteiger partial charge in [0.05, 0.1) is 17.9 Å². The maximum absolute atomic E-state index is 12.4. The first-order valence-corrected chi connectivity index (χ1v) is 7.56. The second kappa shape index (κ2) is 5.43. The quantitative estimate of drug-likeness (QED) is 0.872. The average molecular weight is 316 g/mol. The molecule has 0 saturated carbocycles. The third-order valence-electron chi connectivity index (χ3n) is 2.72. The first-order chi connectivity index (χ1) is 9.30. The van der Waals surface area contributed by atoms with E-state index in [2.05, 4.69) is 5.16 Å². The summed E-state index contributed by atoms with van der Waals surface area (Å²) in [6, 6.07) is 5.95. The van der Waals surface area contributed by atoms with Crippen LogP contribution in [0.15, 0.2) is 33.7 Å². The van der Waals surface area contributed by atoms with Crippen LogP contribution in [0, 0.1) is 6.92 Å². The Labute approximate surface area is 122 Å². The molecule has 0 aliphatic heterocycles. The van der Waals surface area contributed by atoms with Crippen molar-refractivity contribution in [1.82, 2.24) is 9.46 Å². The van der Waals surface area contributed by atoms with Gasteiger partial charge < -0.3 is 10.3 Å². The van der Waals surface area contributed by atoms with Gasteiger partial charge in [0.1, 0.15) is 10.7 Å². The zero-order valence-electron chi connectivity index (χ0n) is 11.0. The van der Waals surface area contributed by atoms with Gasteiger partial charge in [0, 0.05) is 18.1 Å². The van der Waals surface area contributed by atoms with Gasteiger partial charge in [0.2, 0.25) is 10.0 Å². The maximum Gasteiger partial charge on any atom is 0.245 e. The topological polar surface area (TPSA) is 89.4 Å². The molecule has 0 atom stereocenters. The molecule has 8 heteroatoms. The summed E-state index contributed by atoms with van der Waals surface area (Å²) in [5.74, 6) is 0.622. The summed E-state index contributed by atoms with van der Waals surface area (Å²) in [6.45, 7) is 1.84. The molecule has 0 saturated heterocycles. The number of nitrogen functional groups attached to an aromatic ring is 1. The van der Waals surface area contributed by atoms with Crippen LogP contribution in [0.25, 0.3) is 0 Å². The van der Waals surface area contributed by atoms with E-state index >= 15 is 0 Å². The van der Waals surface area contributed by atoms with Gasteiger partial charge in [-0.2, -0.15) is 4.31 Å². The number of halogens is 1. The zero-order valence-corrected chi connectivity index (χ0v) is 12.6. The lowest BCUT2D eigenvalue weighted by molar-refractivity contribution is 0.378. The minimum Gasteiger partial charge on any atom is -0.398 e. The molecule has 0 spiro atoms. The molecule has 0 fully saturated rings. The number of rotatable bonds is 4. The van der Waals surface area contributed by atoms with Crippen molar-refractivity contribution in [3.63, 3.8) is 0 Å². The number of benzene rings is 1. The predicted octanol–water partition coefficient (Wildman–Crippen LogP) is 2.04. The van der Waals surface area contributed by atoms with Crippen molar-refractivity contribution >= 4 is 27.3 Å². The first-order valence-electron chi connectivity index (χ1n) is 5.74. The van der Waals surface area contributed by atoms with Gasteiger partial charge in [-0.3, -0.25) is 0 Å². The summed E-state index contributed by atoms with van der Waals surface area (Å²) in [7, 11) is -2.26. The van der Waals surface area contributed by atoms with Crippen molar-refractivity contribution in [3.05, 3.63) is 40.7 Å². The van der Waals surface area contributed by atoms with E-state index < -0.39 is 10.0 Å². The van der Waals surface area contributed by atoms with Crippen LogP contribution < -0.4 is 5.73 Å². The molecule has 1 aromatic carbocycles. The SMILES string of the molecule is Cc1cc(CN(C)S(=O)(=O)c2ccc(Cl)cc2N)no1. The Morgan fingerprint density at radius 3 is 2.65 bits per heavy atom. The lowest BCUT2D eigenvalue weighted by atomic mass is 10.3. The summed E-state index contributed by atoms with van der Waals surface area (Å²) < 4.78 is 30.9. The molecule has 0 aliphatic carbocycles. The molecule has 6 nitrogen and oxygen atoms in total. The van der Waals surface area contributed by atoms with Crippen LogP contribution in [0.5, 0.6) is 0 Å². The molecule has 2 rings (SSSR count). The number of anilines is 1. The Hall–Kier alpha value is -1.57. The Kier molecular flexibility index (Phi) is 4.03. The van der Waals surface area contributed by atoms with E-state index in [-0.39, 0.29) is 17.1 Å². The van der Waals surface area contributed by atoms with E-state index in [0.717, 1.165) is 4.31 Å². The summed E-state index contributed by atoms with van der Waals surface area (Å²) in [5.41, 5.74) is 6.36. The molecule has 0 amide bonds. The lowest BCUT2D eigenvalue weighted by Gasteiger charge is -2.17. The van der Waals surface area contributed by atoms with Gasteiger partial charge in [-0.25, -0.2) is 8.42 Å². The number of sulfonamides is 1. The van der Waals surface area contributed by atoms with E-state index in [1.54, 1.807) is 13.0 Å². The Bertz CT molecular complexity index is 727. The van der Waals surface area contributed by atoms with E-state index in [1.807, 2.05) is 0 Å². The Morgan fingerprint density at radius 1 is 1.40 bits per heavy atom. The fraction of sp³-hybridized carbons (Fsp3) is 0.250. The first kappa shape index (κ1) is 14.8. The summed E-state index contributed by atoms with van der Waals surface area (Å²) >= 11 is 5.77. The molecule has 1 heterocycles.